The minimum absolute atomic E-state index is 1.01. The SMILES string of the molecule is CC1CCC1.CC1CCCC(C)C1.CC1CCCC1.CC1CCCCC1.Cc1cc(C)c(C)c(C)c1.Cc1ccc(C)cc1.Cc1cccc(C)c1.Cc1ccccc1.Cc1ccccc1C. The largest absolute Gasteiger partial charge is 0.0625 e. The quantitative estimate of drug-likeness (QED) is 0.145. The first-order valence-corrected chi connectivity index (χ1v) is 27.0. The van der Waals surface area contributed by atoms with Crippen LogP contribution in [0, 0.1) is 106 Å². The zero-order chi connectivity index (χ0) is 50.0. The van der Waals surface area contributed by atoms with Crippen LogP contribution in [0.25, 0.3) is 0 Å². The molecule has 2 atom stereocenters. The Morgan fingerprint density at radius 3 is 0.806 bits per heavy atom. The molecule has 67 heavy (non-hydrogen) atoms. The van der Waals surface area contributed by atoms with Gasteiger partial charge in [0.2, 0.25) is 0 Å². The summed E-state index contributed by atoms with van der Waals surface area (Å²) in [6.07, 6.45) is 23.7. The molecule has 9 rings (SSSR count). The normalized spacial score (nSPS) is 17.3. The van der Waals surface area contributed by atoms with E-state index in [1.54, 1.807) is 0 Å². The van der Waals surface area contributed by atoms with Crippen LogP contribution >= 0.6 is 0 Å². The standard InChI is InChI=1S/C10H14.C8H10.C8H16.2C8H10.C7H14.C7H8.C6H12.C5H10/c1-7-5-8(2)10(4)9(3)6-7;1-7-3-5-8(2)6-4-7;2*1-7-4-3-5-8(2)6-7;1-7-5-3-4-6-8(7)2;2*1-7-5-3-2-4-6-7;1-6-4-2-3-5-6;1-5-3-2-4-5/h5-6H,1-4H3;3-6H,1-2H3;7-8H,3-6H2,1-2H3;2*3-6H,1-2H3;7H,2-6H2,1H3;2-6H,1H3;6H,2-5H2,1H3;5H,2-4H2,1H3. The highest BCUT2D eigenvalue weighted by Gasteiger charge is 2.14. The van der Waals surface area contributed by atoms with Crippen molar-refractivity contribution >= 4 is 0 Å². The van der Waals surface area contributed by atoms with E-state index in [1.165, 1.54) is 164 Å². The van der Waals surface area contributed by atoms with Gasteiger partial charge < -0.3 is 0 Å². The summed E-state index contributed by atoms with van der Waals surface area (Å²) in [5.74, 6) is 5.17. The molecular formula is C67H104. The van der Waals surface area contributed by atoms with Crippen LogP contribution in [0.15, 0.2) is 115 Å². The smallest absolute Gasteiger partial charge is 0.0392 e. The molecule has 4 saturated carbocycles. The van der Waals surface area contributed by atoms with Crippen molar-refractivity contribution in [1.29, 1.82) is 0 Å². The van der Waals surface area contributed by atoms with E-state index in [1.807, 2.05) is 18.2 Å². The maximum absolute atomic E-state index is 2.37. The molecule has 0 aromatic heterocycles. The van der Waals surface area contributed by atoms with E-state index < -0.39 is 0 Å². The average molecular weight is 910 g/mol. The molecule has 0 nitrogen and oxygen atoms in total. The Balaban J connectivity index is 0.000000379. The number of hydrogen-bond acceptors (Lipinski definition) is 0. The Bertz CT molecular complexity index is 1820. The van der Waals surface area contributed by atoms with Gasteiger partial charge in [-0.2, -0.15) is 0 Å². The van der Waals surface area contributed by atoms with Crippen molar-refractivity contribution < 1.29 is 0 Å². The lowest BCUT2D eigenvalue weighted by molar-refractivity contribution is 0.301. The molecule has 0 heterocycles. The van der Waals surface area contributed by atoms with Crippen molar-refractivity contribution in [2.45, 2.75) is 214 Å². The summed E-state index contributed by atoms with van der Waals surface area (Å²) in [6, 6.07) is 40.0. The predicted molar refractivity (Wildman–Crippen MR) is 304 cm³/mol. The predicted octanol–water partition coefficient (Wildman–Crippen LogP) is 21.2. The molecule has 372 valence electrons. The molecule has 5 aromatic rings. The Hall–Kier alpha value is -3.90. The molecule has 0 aliphatic heterocycles. The molecule has 0 N–H and O–H groups in total. The Morgan fingerprint density at radius 2 is 0.567 bits per heavy atom. The van der Waals surface area contributed by atoms with Crippen LogP contribution in [0.4, 0.5) is 0 Å². The van der Waals surface area contributed by atoms with E-state index in [2.05, 4.69) is 208 Å². The van der Waals surface area contributed by atoms with Crippen molar-refractivity contribution in [3.63, 3.8) is 0 Å². The highest BCUT2D eigenvalue weighted by molar-refractivity contribution is 5.36. The molecule has 5 aromatic carbocycles. The highest BCUT2D eigenvalue weighted by atomic mass is 14.2. The van der Waals surface area contributed by atoms with Gasteiger partial charge >= 0.3 is 0 Å². The topological polar surface area (TPSA) is 0 Å². The molecule has 0 radical (unpaired) electrons. The van der Waals surface area contributed by atoms with E-state index in [4.69, 9.17) is 0 Å². The Kier molecular flexibility index (Phi) is 33.8. The fourth-order valence-electron chi connectivity index (χ4n) is 8.68. The summed E-state index contributed by atoms with van der Waals surface area (Å²) >= 11 is 0. The lowest BCUT2D eigenvalue weighted by Gasteiger charge is -2.22. The second kappa shape index (κ2) is 37.1. The maximum Gasteiger partial charge on any atom is -0.0392 e. The zero-order valence-electron chi connectivity index (χ0n) is 46.7. The van der Waals surface area contributed by atoms with Gasteiger partial charge in [-0.25, -0.2) is 0 Å². The van der Waals surface area contributed by atoms with Crippen molar-refractivity contribution in [1.82, 2.24) is 0 Å². The second-order valence-electron chi connectivity index (χ2n) is 21.6. The van der Waals surface area contributed by atoms with Gasteiger partial charge in [-0.3, -0.25) is 0 Å². The molecule has 0 saturated heterocycles. The molecule has 0 heteroatoms. The summed E-state index contributed by atoms with van der Waals surface area (Å²) in [4.78, 5) is 0. The summed E-state index contributed by atoms with van der Waals surface area (Å²) in [5, 5.41) is 0. The summed E-state index contributed by atoms with van der Waals surface area (Å²) in [7, 11) is 0. The van der Waals surface area contributed by atoms with Crippen molar-refractivity contribution in [2.75, 3.05) is 0 Å². The molecule has 2 unspecified atom stereocenters. The van der Waals surface area contributed by atoms with Gasteiger partial charge in [0, 0.05) is 0 Å². The van der Waals surface area contributed by atoms with E-state index in [9.17, 15) is 0 Å². The summed E-state index contributed by atoms with van der Waals surface area (Å²) in [5.41, 5.74) is 15.0. The second-order valence-corrected chi connectivity index (χ2v) is 21.6. The van der Waals surface area contributed by atoms with Gasteiger partial charge in [0.25, 0.3) is 0 Å². The summed E-state index contributed by atoms with van der Waals surface area (Å²) in [6.45, 7) is 35.1. The molecule has 0 amide bonds. The first kappa shape index (κ1) is 61.1. The van der Waals surface area contributed by atoms with Crippen LogP contribution in [0.2, 0.25) is 0 Å². The third kappa shape index (κ3) is 33.3. The minimum atomic E-state index is 1.01. The van der Waals surface area contributed by atoms with Crippen LogP contribution in [0.1, 0.15) is 199 Å². The molecule has 4 aliphatic carbocycles. The monoisotopic (exact) mass is 909 g/mol. The van der Waals surface area contributed by atoms with Crippen LogP contribution in [0.3, 0.4) is 0 Å². The lowest BCUT2D eigenvalue weighted by atomic mass is 9.84. The van der Waals surface area contributed by atoms with Gasteiger partial charge in [-0.15, -0.1) is 0 Å². The number of aryl methyl sites for hydroxylation is 10. The number of benzene rings is 5. The zero-order valence-corrected chi connectivity index (χ0v) is 46.7. The summed E-state index contributed by atoms with van der Waals surface area (Å²) < 4.78 is 0. The van der Waals surface area contributed by atoms with Crippen molar-refractivity contribution in [3.8, 4) is 0 Å². The van der Waals surface area contributed by atoms with Crippen LogP contribution in [0.5, 0.6) is 0 Å². The Labute approximate surface area is 417 Å². The van der Waals surface area contributed by atoms with E-state index in [0.29, 0.717) is 0 Å². The molecule has 0 spiro atoms. The van der Waals surface area contributed by atoms with Gasteiger partial charge in [-0.05, 0) is 140 Å². The van der Waals surface area contributed by atoms with Crippen LogP contribution < -0.4 is 0 Å². The van der Waals surface area contributed by atoms with Crippen molar-refractivity contribution in [2.24, 2.45) is 29.6 Å². The van der Waals surface area contributed by atoms with Gasteiger partial charge in [-0.1, -0.05) is 280 Å². The molecular weight excluding hydrogens is 805 g/mol. The first-order valence-electron chi connectivity index (χ1n) is 27.0. The molecule has 4 aliphatic rings. The fourth-order valence-corrected chi connectivity index (χ4v) is 8.68. The number of hydrogen-bond donors (Lipinski definition) is 0. The average Bonchev–Trinajstić information content (AvgIpc) is 3.77. The molecule has 0 bridgehead atoms. The lowest BCUT2D eigenvalue weighted by Crippen LogP contribution is -2.09. The van der Waals surface area contributed by atoms with Crippen molar-refractivity contribution in [3.05, 3.63) is 176 Å². The van der Waals surface area contributed by atoms with Gasteiger partial charge in [0.1, 0.15) is 0 Å². The van der Waals surface area contributed by atoms with E-state index >= 15 is 0 Å². The van der Waals surface area contributed by atoms with E-state index in [0.717, 1.165) is 29.6 Å². The number of rotatable bonds is 0. The first-order chi connectivity index (χ1) is 31.9. The third-order valence-corrected chi connectivity index (χ3v) is 14.0. The Morgan fingerprint density at radius 1 is 0.254 bits per heavy atom. The minimum Gasteiger partial charge on any atom is -0.0625 e. The molecule has 4 fully saturated rings. The van der Waals surface area contributed by atoms with E-state index in [-0.39, 0.29) is 0 Å². The third-order valence-electron chi connectivity index (χ3n) is 14.0. The fraction of sp³-hybridized carbons (Fsp3) is 0.552. The maximum atomic E-state index is 2.37. The van der Waals surface area contributed by atoms with Gasteiger partial charge in [0.05, 0.1) is 0 Å². The van der Waals surface area contributed by atoms with Crippen LogP contribution in [-0.4, -0.2) is 0 Å². The van der Waals surface area contributed by atoms with Gasteiger partial charge in [0.15, 0.2) is 0 Å². The van der Waals surface area contributed by atoms with Crippen LogP contribution in [-0.2, 0) is 0 Å². The highest BCUT2D eigenvalue weighted by Crippen LogP contribution is 2.28.